The summed E-state index contributed by atoms with van der Waals surface area (Å²) in [5.74, 6) is 4.37. The first-order valence-electron chi connectivity index (χ1n) is 4.13. The Kier molecular flexibility index (Phi) is 7.16. The van der Waals surface area contributed by atoms with Crippen molar-refractivity contribution < 1.29 is 14.4 Å². The fraction of sp³-hybridized carbons (Fsp3) is 0.750. The summed E-state index contributed by atoms with van der Waals surface area (Å²) >= 11 is 2.03. The zero-order valence-corrected chi connectivity index (χ0v) is 9.74. The minimum Gasteiger partial charge on any atom is -0.373 e. The summed E-state index contributed by atoms with van der Waals surface area (Å²) in [6.45, 7) is 1.93. The van der Waals surface area contributed by atoms with E-state index >= 15 is 0 Å². The zero-order valence-electron chi connectivity index (χ0n) is 7.59. The van der Waals surface area contributed by atoms with Crippen LogP contribution >= 0.6 is 22.6 Å². The molecule has 0 saturated heterocycles. The fourth-order valence-corrected chi connectivity index (χ4v) is 1.68. The highest BCUT2D eigenvalue weighted by atomic mass is 127. The monoisotopic (exact) mass is 299 g/mol. The molecule has 0 saturated carbocycles. The van der Waals surface area contributed by atoms with Crippen LogP contribution in [0.25, 0.3) is 0 Å². The number of nitrogens with two attached hydrogens (primary N) is 1. The average molecular weight is 299 g/mol. The second-order valence-electron chi connectivity index (χ2n) is 2.73. The molecule has 0 aromatic carbocycles. The number of rotatable bonds is 6. The molecule has 0 fully saturated rings. The summed E-state index contributed by atoms with van der Waals surface area (Å²) in [6, 6.07) is 0. The minimum absolute atomic E-state index is 0.0315. The molecule has 0 rings (SSSR count). The Hall–Kier alpha value is -0.170. The molecule has 13 heavy (non-hydrogen) atoms. The number of hydrogen-bond donors (Lipinski definition) is 1. The minimum atomic E-state index is -0.459. The van der Waals surface area contributed by atoms with Gasteiger partial charge in [-0.15, -0.1) is 0 Å². The second kappa shape index (κ2) is 7.25. The van der Waals surface area contributed by atoms with Crippen LogP contribution in [0.5, 0.6) is 0 Å². The first kappa shape index (κ1) is 12.8. The predicted octanol–water partition coefficient (Wildman–Crippen LogP) is 1.21. The van der Waals surface area contributed by atoms with E-state index in [1.165, 1.54) is 0 Å². The Morgan fingerprint density at radius 3 is 2.54 bits per heavy atom. The van der Waals surface area contributed by atoms with Crippen LogP contribution in [0, 0.1) is 5.92 Å². The third-order valence-corrected chi connectivity index (χ3v) is 2.66. The van der Waals surface area contributed by atoms with Crippen LogP contribution in [0.1, 0.15) is 26.2 Å². The number of Topliss-reactive ketones (excluding diaryl/α,β-unsaturated/α-hetero) is 1. The summed E-state index contributed by atoms with van der Waals surface area (Å²) in [4.78, 5) is 25.9. The van der Waals surface area contributed by atoms with Crippen molar-refractivity contribution in [1.29, 1.82) is 0 Å². The third-order valence-electron chi connectivity index (χ3n) is 1.91. The molecule has 5 heteroatoms. The van der Waals surface area contributed by atoms with E-state index in [2.05, 4.69) is 10.7 Å². The van der Waals surface area contributed by atoms with Gasteiger partial charge in [0, 0.05) is 12.3 Å². The molecule has 0 aliphatic carbocycles. The molecule has 0 aliphatic rings. The molecule has 0 heterocycles. The molecule has 0 amide bonds. The lowest BCUT2D eigenvalue weighted by molar-refractivity contribution is -0.144. The van der Waals surface area contributed by atoms with Gasteiger partial charge in [0.2, 0.25) is 0 Å². The van der Waals surface area contributed by atoms with Crippen LogP contribution in [0.2, 0.25) is 0 Å². The van der Waals surface area contributed by atoms with Crippen LogP contribution in [0.15, 0.2) is 0 Å². The van der Waals surface area contributed by atoms with Gasteiger partial charge in [-0.05, 0) is 12.8 Å². The molecule has 0 spiro atoms. The molecule has 0 radical (unpaired) electrons. The van der Waals surface area contributed by atoms with E-state index in [0.29, 0.717) is 10.8 Å². The van der Waals surface area contributed by atoms with E-state index in [4.69, 9.17) is 0 Å². The van der Waals surface area contributed by atoms with E-state index in [1.54, 1.807) is 0 Å². The Balaban J connectivity index is 3.85. The van der Waals surface area contributed by atoms with Gasteiger partial charge in [-0.1, -0.05) is 29.5 Å². The summed E-state index contributed by atoms with van der Waals surface area (Å²) in [7, 11) is 0. The van der Waals surface area contributed by atoms with Gasteiger partial charge < -0.3 is 4.84 Å². The highest BCUT2D eigenvalue weighted by molar-refractivity contribution is 14.1. The van der Waals surface area contributed by atoms with Gasteiger partial charge in [0.25, 0.3) is 0 Å². The third kappa shape index (κ3) is 5.20. The summed E-state index contributed by atoms with van der Waals surface area (Å²) in [5, 5.41) is 0. The number of carbonyl (C=O) groups is 2. The van der Waals surface area contributed by atoms with Crippen molar-refractivity contribution in [3.8, 4) is 0 Å². The highest BCUT2D eigenvalue weighted by Crippen LogP contribution is 2.13. The summed E-state index contributed by atoms with van der Waals surface area (Å²) in [6.07, 6.45) is 1.52. The van der Waals surface area contributed by atoms with E-state index in [0.717, 1.165) is 6.42 Å². The maximum Gasteiger partial charge on any atom is 0.324 e. The largest absolute Gasteiger partial charge is 0.373 e. The number of carbonyl (C=O) groups excluding carboxylic acids is 2. The zero-order chi connectivity index (χ0) is 10.3. The Morgan fingerprint density at radius 2 is 2.15 bits per heavy atom. The molecule has 2 N–H and O–H groups in total. The Labute approximate surface area is 91.3 Å². The number of halogens is 1. The lowest BCUT2D eigenvalue weighted by atomic mass is 9.96. The first-order chi connectivity index (χ1) is 6.15. The van der Waals surface area contributed by atoms with Gasteiger partial charge in [0.1, 0.15) is 5.78 Å². The van der Waals surface area contributed by atoms with Crippen molar-refractivity contribution in [1.82, 2.24) is 0 Å². The quantitative estimate of drug-likeness (QED) is 0.455. The Morgan fingerprint density at radius 1 is 1.54 bits per heavy atom. The molecule has 0 bridgehead atoms. The van der Waals surface area contributed by atoms with Gasteiger partial charge in [0.15, 0.2) is 0 Å². The number of hydrogen-bond acceptors (Lipinski definition) is 4. The lowest BCUT2D eigenvalue weighted by Gasteiger charge is -2.10. The standard InChI is InChI=1S/C8H14INO3/c1-2-6(7(11)5-9)3-4-8(12)13-10/h6H,2-5,10H2,1H3. The Bertz CT molecular complexity index is 184. The predicted molar refractivity (Wildman–Crippen MR) is 57.2 cm³/mol. The van der Waals surface area contributed by atoms with Crippen molar-refractivity contribution in [2.75, 3.05) is 4.43 Å². The maximum absolute atomic E-state index is 11.3. The topological polar surface area (TPSA) is 69.4 Å². The lowest BCUT2D eigenvalue weighted by Crippen LogP contribution is -2.18. The number of alkyl halides is 1. The van der Waals surface area contributed by atoms with E-state index in [-0.39, 0.29) is 18.1 Å². The van der Waals surface area contributed by atoms with Gasteiger partial charge in [-0.3, -0.25) is 9.59 Å². The van der Waals surface area contributed by atoms with Crippen molar-refractivity contribution in [3.05, 3.63) is 0 Å². The smallest absolute Gasteiger partial charge is 0.324 e. The maximum atomic E-state index is 11.3. The number of ketones is 1. The van der Waals surface area contributed by atoms with E-state index in [9.17, 15) is 9.59 Å². The fourth-order valence-electron chi connectivity index (χ4n) is 1.05. The van der Waals surface area contributed by atoms with Crippen LogP contribution in [0.4, 0.5) is 0 Å². The van der Waals surface area contributed by atoms with Crippen LogP contribution in [-0.4, -0.2) is 16.2 Å². The van der Waals surface area contributed by atoms with Gasteiger partial charge in [-0.2, -0.15) is 5.90 Å². The normalized spacial score (nSPS) is 12.2. The molecule has 4 nitrogen and oxygen atoms in total. The summed E-state index contributed by atoms with van der Waals surface area (Å²) < 4.78 is 0.494. The molecule has 1 unspecified atom stereocenters. The first-order valence-corrected chi connectivity index (χ1v) is 5.66. The molecular weight excluding hydrogens is 285 g/mol. The van der Waals surface area contributed by atoms with E-state index < -0.39 is 5.97 Å². The SMILES string of the molecule is CCC(CCC(=O)ON)C(=O)CI. The van der Waals surface area contributed by atoms with Crippen molar-refractivity contribution >= 4 is 34.3 Å². The highest BCUT2D eigenvalue weighted by Gasteiger charge is 2.16. The van der Waals surface area contributed by atoms with Crippen LogP contribution in [0.3, 0.4) is 0 Å². The van der Waals surface area contributed by atoms with Gasteiger partial charge in [-0.25, -0.2) is 0 Å². The van der Waals surface area contributed by atoms with Crippen molar-refractivity contribution in [3.63, 3.8) is 0 Å². The van der Waals surface area contributed by atoms with Gasteiger partial charge in [0.05, 0.1) is 4.43 Å². The molecular formula is C8H14INO3. The second-order valence-corrected chi connectivity index (χ2v) is 3.50. The molecule has 0 aromatic rings. The summed E-state index contributed by atoms with van der Waals surface area (Å²) in [5.41, 5.74) is 0. The van der Waals surface area contributed by atoms with Crippen molar-refractivity contribution in [2.24, 2.45) is 11.8 Å². The van der Waals surface area contributed by atoms with Gasteiger partial charge >= 0.3 is 5.97 Å². The average Bonchev–Trinajstić information content (AvgIpc) is 2.17. The van der Waals surface area contributed by atoms with Crippen LogP contribution < -0.4 is 5.90 Å². The molecule has 0 aromatic heterocycles. The molecule has 1 atom stereocenters. The van der Waals surface area contributed by atoms with E-state index in [1.807, 2.05) is 29.5 Å². The molecule has 0 aliphatic heterocycles. The molecule has 76 valence electrons. The van der Waals surface area contributed by atoms with Crippen LogP contribution in [-0.2, 0) is 14.4 Å². The van der Waals surface area contributed by atoms with Crippen molar-refractivity contribution in [2.45, 2.75) is 26.2 Å².